The van der Waals surface area contributed by atoms with Crippen LogP contribution >= 0.6 is 15.9 Å². The van der Waals surface area contributed by atoms with Gasteiger partial charge in [-0.3, -0.25) is 0 Å². The van der Waals surface area contributed by atoms with E-state index in [4.69, 9.17) is 10.5 Å². The predicted molar refractivity (Wildman–Crippen MR) is 74.5 cm³/mol. The summed E-state index contributed by atoms with van der Waals surface area (Å²) in [6, 6.07) is 6.45. The molecule has 1 aliphatic rings. The zero-order chi connectivity index (χ0) is 12.4. The second-order valence-corrected chi connectivity index (χ2v) is 5.50. The Morgan fingerprint density at radius 1 is 1.47 bits per heavy atom. The molecule has 1 saturated heterocycles. The molecule has 0 bridgehead atoms. The van der Waals surface area contributed by atoms with Crippen LogP contribution in [0, 0.1) is 6.92 Å². The molecule has 2 unspecified atom stereocenters. The summed E-state index contributed by atoms with van der Waals surface area (Å²) in [5, 5.41) is 0. The first kappa shape index (κ1) is 12.9. The second-order valence-electron chi connectivity index (χ2n) is 4.64. The Hall–Kier alpha value is -0.580. The van der Waals surface area contributed by atoms with Crippen molar-refractivity contribution in [3.63, 3.8) is 0 Å². The molecule has 2 N–H and O–H groups in total. The van der Waals surface area contributed by atoms with Gasteiger partial charge >= 0.3 is 0 Å². The summed E-state index contributed by atoms with van der Waals surface area (Å²) in [5.74, 6) is 0. The van der Waals surface area contributed by atoms with Crippen molar-refractivity contribution < 1.29 is 4.74 Å². The van der Waals surface area contributed by atoms with Crippen LogP contribution in [0.1, 0.15) is 12.5 Å². The third-order valence-electron chi connectivity index (χ3n) is 3.10. The van der Waals surface area contributed by atoms with E-state index < -0.39 is 0 Å². The molecule has 0 saturated carbocycles. The van der Waals surface area contributed by atoms with Gasteiger partial charge in [-0.1, -0.05) is 15.9 Å². The number of nitrogens with zero attached hydrogens (tertiary/aromatic N) is 1. The smallest absolute Gasteiger partial charge is 0.0876 e. The number of hydrogen-bond donors (Lipinski definition) is 1. The highest BCUT2D eigenvalue weighted by atomic mass is 79.9. The number of anilines is 1. The summed E-state index contributed by atoms with van der Waals surface area (Å²) in [6.45, 7) is 6.59. The van der Waals surface area contributed by atoms with Gasteiger partial charge in [-0.25, -0.2) is 0 Å². The average Bonchev–Trinajstić information content (AvgIpc) is 2.32. The highest BCUT2D eigenvalue weighted by Crippen LogP contribution is 2.25. The molecule has 1 aromatic rings. The monoisotopic (exact) mass is 298 g/mol. The number of benzene rings is 1. The number of aryl methyl sites for hydroxylation is 1. The fourth-order valence-electron chi connectivity index (χ4n) is 2.21. The third-order valence-corrected chi connectivity index (χ3v) is 3.99. The summed E-state index contributed by atoms with van der Waals surface area (Å²) >= 11 is 3.53. The number of rotatable bonds is 2. The lowest BCUT2D eigenvalue weighted by molar-refractivity contribution is -0.0104. The number of hydrogen-bond acceptors (Lipinski definition) is 3. The Morgan fingerprint density at radius 2 is 2.24 bits per heavy atom. The second kappa shape index (κ2) is 5.38. The average molecular weight is 299 g/mol. The van der Waals surface area contributed by atoms with Crippen LogP contribution in [0.4, 0.5) is 5.69 Å². The maximum atomic E-state index is 5.77. The summed E-state index contributed by atoms with van der Waals surface area (Å²) in [6.07, 6.45) is 0.379. The van der Waals surface area contributed by atoms with Crippen molar-refractivity contribution in [1.82, 2.24) is 0 Å². The van der Waals surface area contributed by atoms with Crippen LogP contribution in [0.2, 0.25) is 0 Å². The lowest BCUT2D eigenvalue weighted by Crippen LogP contribution is -2.49. The van der Waals surface area contributed by atoms with Gasteiger partial charge in [0, 0.05) is 29.8 Å². The van der Waals surface area contributed by atoms with E-state index >= 15 is 0 Å². The Morgan fingerprint density at radius 3 is 2.88 bits per heavy atom. The Bertz CT molecular complexity index is 397. The molecule has 0 aliphatic carbocycles. The van der Waals surface area contributed by atoms with Crippen LogP contribution in [0.25, 0.3) is 0 Å². The Balaban J connectivity index is 2.17. The van der Waals surface area contributed by atoms with Crippen LogP contribution < -0.4 is 10.6 Å². The van der Waals surface area contributed by atoms with Gasteiger partial charge in [-0.05, 0) is 37.6 Å². The standard InChI is InChI=1S/C13H19BrN2O/c1-9-5-11(3-4-13(9)14)16-7-10(2)17-12(6-15)8-16/h3-5,10,12H,6-8,15H2,1-2H3. The topological polar surface area (TPSA) is 38.5 Å². The normalized spacial score (nSPS) is 25.1. The summed E-state index contributed by atoms with van der Waals surface area (Å²) < 4.78 is 6.92. The van der Waals surface area contributed by atoms with Crippen molar-refractivity contribution in [3.8, 4) is 0 Å². The van der Waals surface area contributed by atoms with Crippen molar-refractivity contribution >= 4 is 21.6 Å². The van der Waals surface area contributed by atoms with Gasteiger partial charge in [0.15, 0.2) is 0 Å². The molecule has 17 heavy (non-hydrogen) atoms. The van der Waals surface area contributed by atoms with Gasteiger partial charge in [0.1, 0.15) is 0 Å². The lowest BCUT2D eigenvalue weighted by Gasteiger charge is -2.38. The molecule has 2 atom stereocenters. The van der Waals surface area contributed by atoms with Crippen molar-refractivity contribution in [2.45, 2.75) is 26.1 Å². The van der Waals surface area contributed by atoms with Gasteiger partial charge in [-0.2, -0.15) is 0 Å². The van der Waals surface area contributed by atoms with Gasteiger partial charge < -0.3 is 15.4 Å². The quantitative estimate of drug-likeness (QED) is 0.911. The zero-order valence-corrected chi connectivity index (χ0v) is 11.9. The molecule has 1 heterocycles. The first-order valence-electron chi connectivity index (χ1n) is 5.96. The van der Waals surface area contributed by atoms with E-state index in [-0.39, 0.29) is 12.2 Å². The largest absolute Gasteiger partial charge is 0.370 e. The van der Waals surface area contributed by atoms with Crippen molar-refractivity contribution in [2.75, 3.05) is 24.5 Å². The fraction of sp³-hybridized carbons (Fsp3) is 0.538. The van der Waals surface area contributed by atoms with Crippen molar-refractivity contribution in [3.05, 3.63) is 28.2 Å². The molecule has 0 aromatic heterocycles. The number of halogens is 1. The van der Waals surface area contributed by atoms with Crippen LogP contribution in [0.3, 0.4) is 0 Å². The van der Waals surface area contributed by atoms with E-state index in [9.17, 15) is 0 Å². The van der Waals surface area contributed by atoms with Gasteiger partial charge in [0.2, 0.25) is 0 Å². The van der Waals surface area contributed by atoms with Crippen molar-refractivity contribution in [1.29, 1.82) is 0 Å². The molecule has 1 aliphatic heterocycles. The van der Waals surface area contributed by atoms with Crippen LogP contribution in [0.5, 0.6) is 0 Å². The molecule has 0 spiro atoms. The number of nitrogens with two attached hydrogens (primary N) is 1. The van der Waals surface area contributed by atoms with Crippen LogP contribution in [0.15, 0.2) is 22.7 Å². The minimum atomic E-state index is 0.141. The van der Waals surface area contributed by atoms with E-state index in [2.05, 4.69) is 52.9 Å². The van der Waals surface area contributed by atoms with E-state index in [0.29, 0.717) is 6.54 Å². The molecule has 0 radical (unpaired) electrons. The summed E-state index contributed by atoms with van der Waals surface area (Å²) in [5.41, 5.74) is 8.21. The van der Waals surface area contributed by atoms with Crippen molar-refractivity contribution in [2.24, 2.45) is 5.73 Å². The number of morpholine rings is 1. The molecule has 1 aromatic carbocycles. The lowest BCUT2D eigenvalue weighted by atomic mass is 10.1. The van der Waals surface area contributed by atoms with E-state index in [1.165, 1.54) is 11.3 Å². The zero-order valence-electron chi connectivity index (χ0n) is 10.3. The third kappa shape index (κ3) is 3.00. The molecular weight excluding hydrogens is 280 g/mol. The maximum Gasteiger partial charge on any atom is 0.0876 e. The molecule has 2 rings (SSSR count). The van der Waals surface area contributed by atoms with Crippen LogP contribution in [-0.2, 0) is 4.74 Å². The van der Waals surface area contributed by atoms with E-state index in [0.717, 1.165) is 17.6 Å². The highest BCUT2D eigenvalue weighted by molar-refractivity contribution is 9.10. The first-order chi connectivity index (χ1) is 8.10. The summed E-state index contributed by atoms with van der Waals surface area (Å²) in [4.78, 5) is 2.35. The minimum Gasteiger partial charge on any atom is -0.370 e. The first-order valence-corrected chi connectivity index (χ1v) is 6.76. The SMILES string of the molecule is Cc1cc(N2CC(C)OC(CN)C2)ccc1Br. The van der Waals surface area contributed by atoms with E-state index in [1.54, 1.807) is 0 Å². The predicted octanol–water partition coefficient (Wildman–Crippen LogP) is 2.31. The van der Waals surface area contributed by atoms with Gasteiger partial charge in [0.25, 0.3) is 0 Å². The van der Waals surface area contributed by atoms with E-state index in [1.807, 2.05) is 0 Å². The Kier molecular flexibility index (Phi) is 4.07. The molecule has 3 nitrogen and oxygen atoms in total. The molecular formula is C13H19BrN2O. The summed E-state index contributed by atoms with van der Waals surface area (Å²) in [7, 11) is 0. The maximum absolute atomic E-state index is 5.77. The fourth-order valence-corrected chi connectivity index (χ4v) is 2.46. The minimum absolute atomic E-state index is 0.141. The van der Waals surface area contributed by atoms with Crippen LogP contribution in [-0.4, -0.2) is 31.8 Å². The van der Waals surface area contributed by atoms with Gasteiger partial charge in [-0.15, -0.1) is 0 Å². The molecule has 94 valence electrons. The Labute approximate surface area is 111 Å². The van der Waals surface area contributed by atoms with Gasteiger partial charge in [0.05, 0.1) is 12.2 Å². The highest BCUT2D eigenvalue weighted by Gasteiger charge is 2.24. The molecule has 4 heteroatoms. The molecule has 1 fully saturated rings. The number of ether oxygens (including phenoxy) is 1. The molecule has 0 amide bonds.